The van der Waals surface area contributed by atoms with Gasteiger partial charge in [0.2, 0.25) is 0 Å². The quantitative estimate of drug-likeness (QED) is 0.482. The minimum absolute atomic E-state index is 1.02. The Kier molecular flexibility index (Phi) is 2.69. The minimum atomic E-state index is -1.58. The van der Waals surface area contributed by atoms with Gasteiger partial charge in [0.15, 0.2) is 0 Å². The Morgan fingerprint density at radius 3 is 2.50 bits per heavy atom. The monoisotopic (exact) mass is 148 g/mol. The molecule has 0 aliphatic carbocycles. The van der Waals surface area contributed by atoms with E-state index in [0.29, 0.717) is 0 Å². The van der Waals surface area contributed by atoms with E-state index in [-0.39, 0.29) is 0 Å². The van der Waals surface area contributed by atoms with Crippen molar-refractivity contribution in [2.24, 2.45) is 0 Å². The summed E-state index contributed by atoms with van der Waals surface area (Å²) in [4.78, 5) is 20.1. The number of carbonyl (C=O) groups is 2. The van der Waals surface area contributed by atoms with Crippen LogP contribution in [0, 0.1) is 0 Å². The molecule has 3 N–H and O–H groups in total. The molecule has 0 bridgehead atoms. The Morgan fingerprint density at radius 1 is 1.70 bits per heavy atom. The van der Waals surface area contributed by atoms with Gasteiger partial charge in [-0.05, 0) is 6.92 Å². The van der Waals surface area contributed by atoms with E-state index in [1.165, 1.54) is 6.92 Å². The summed E-state index contributed by atoms with van der Waals surface area (Å²) in [5.74, 6) is -2.57. The smallest absolute Gasteiger partial charge is 0.320 e. The van der Waals surface area contributed by atoms with Gasteiger partial charge in [0, 0.05) is 0 Å². The molecule has 0 aliphatic heterocycles. The zero-order valence-electron chi connectivity index (χ0n) is 6.37. The van der Waals surface area contributed by atoms with Crippen molar-refractivity contribution in [3.63, 3.8) is 0 Å². The number of carboxylic acid groups (broad SMARTS) is 2. The maximum Gasteiger partial charge on any atom is 0.320 e. The van der Waals surface area contributed by atoms with Gasteiger partial charge in [-0.1, -0.05) is 0 Å². The minimum Gasteiger partial charge on any atom is -0.480 e. The Labute approximate surface area is 59.1 Å². The molecule has 10 heavy (non-hydrogen) atoms. The summed E-state index contributed by atoms with van der Waals surface area (Å²) in [7, 11) is 0. The summed E-state index contributed by atoms with van der Waals surface area (Å²) < 4.78 is 6.78. The molecule has 0 aliphatic rings. The molecule has 0 radical (unpaired) electrons. The third kappa shape index (κ3) is 3.85. The van der Waals surface area contributed by atoms with Crippen LogP contribution < -0.4 is 5.32 Å². The van der Waals surface area contributed by atoms with Gasteiger partial charge in [-0.15, -0.1) is 0 Å². The van der Waals surface area contributed by atoms with Crippen molar-refractivity contribution in [3.8, 4) is 0 Å². The highest BCUT2D eigenvalue weighted by Crippen LogP contribution is 1.78. The molecule has 5 nitrogen and oxygen atoms in total. The molecule has 58 valence electrons. The Hall–Kier alpha value is -1.10. The first-order valence-electron chi connectivity index (χ1n) is 3.16. The first kappa shape index (κ1) is 7.01. The average molecular weight is 148 g/mol. The molecule has 0 rings (SSSR count). The summed E-state index contributed by atoms with van der Waals surface area (Å²) in [5, 5.41) is 18.5. The van der Waals surface area contributed by atoms with Gasteiger partial charge in [-0.2, -0.15) is 0 Å². The van der Waals surface area contributed by atoms with Crippen molar-refractivity contribution in [1.82, 2.24) is 5.32 Å². The summed E-state index contributed by atoms with van der Waals surface area (Å²) in [5.41, 5.74) is 0. The normalized spacial score (nSPS) is 17.1. The largest absolute Gasteiger partial charge is 0.480 e. The van der Waals surface area contributed by atoms with Crippen molar-refractivity contribution in [2.75, 3.05) is 6.52 Å². The molecule has 0 amide bonds. The van der Waals surface area contributed by atoms with Gasteiger partial charge in [-0.25, -0.2) is 0 Å². The molecule has 0 aromatic rings. The number of nitrogens with one attached hydrogen (secondary N) is 1. The van der Waals surface area contributed by atoms with Crippen LogP contribution in [0.15, 0.2) is 0 Å². The van der Waals surface area contributed by atoms with Gasteiger partial charge in [0.25, 0.3) is 0 Å². The lowest BCUT2D eigenvalue weighted by molar-refractivity contribution is -0.139. The second kappa shape index (κ2) is 3.84. The highest BCUT2D eigenvalue weighted by molar-refractivity contribution is 5.75. The van der Waals surface area contributed by atoms with Crippen molar-refractivity contribution < 1.29 is 21.2 Å². The van der Waals surface area contributed by atoms with Crippen LogP contribution in [0.25, 0.3) is 0 Å². The van der Waals surface area contributed by atoms with Crippen molar-refractivity contribution >= 4 is 11.9 Å². The standard InChI is InChI=1S/C5H9NO4/c1-3(5(9)10)6-2-4(7)8/h3,6H,2H2,1H3,(H,7,8)(H,9,10)/t3-/m0/s1/i2D/t2?,3-. The van der Waals surface area contributed by atoms with E-state index >= 15 is 0 Å². The summed E-state index contributed by atoms with van der Waals surface area (Å²) in [6, 6.07) is -1.02. The van der Waals surface area contributed by atoms with E-state index in [9.17, 15) is 9.59 Å². The van der Waals surface area contributed by atoms with Crippen LogP contribution in [0.4, 0.5) is 0 Å². The number of hydrogen-bond acceptors (Lipinski definition) is 3. The van der Waals surface area contributed by atoms with Crippen molar-refractivity contribution in [2.45, 2.75) is 13.0 Å². The molecule has 5 heteroatoms. The average Bonchev–Trinajstić information content (AvgIpc) is 1.87. The number of carboxylic acids is 2. The first-order valence-corrected chi connectivity index (χ1v) is 2.59. The van der Waals surface area contributed by atoms with Crippen molar-refractivity contribution in [3.05, 3.63) is 0 Å². The van der Waals surface area contributed by atoms with E-state index in [2.05, 4.69) is 0 Å². The molecule has 1 unspecified atom stereocenters. The van der Waals surface area contributed by atoms with E-state index < -0.39 is 24.5 Å². The third-order valence-corrected chi connectivity index (χ3v) is 0.827. The summed E-state index contributed by atoms with van der Waals surface area (Å²) >= 11 is 0. The zero-order chi connectivity index (χ0) is 9.02. The predicted molar refractivity (Wildman–Crippen MR) is 32.7 cm³/mol. The van der Waals surface area contributed by atoms with Gasteiger partial charge in [-0.3, -0.25) is 14.9 Å². The van der Waals surface area contributed by atoms with Crippen molar-refractivity contribution in [1.29, 1.82) is 0 Å². The van der Waals surface area contributed by atoms with Crippen LogP contribution in [0.3, 0.4) is 0 Å². The molecular formula is C5H9NO4. The molecule has 0 saturated carbocycles. The highest BCUT2D eigenvalue weighted by atomic mass is 16.4. The molecule has 0 heterocycles. The van der Waals surface area contributed by atoms with Crippen LogP contribution >= 0.6 is 0 Å². The van der Waals surface area contributed by atoms with Crippen LogP contribution in [-0.4, -0.2) is 34.7 Å². The topological polar surface area (TPSA) is 86.6 Å². The highest BCUT2D eigenvalue weighted by Gasteiger charge is 2.10. The predicted octanol–water partition coefficient (Wildman–Crippen LogP) is -0.866. The Morgan fingerprint density at radius 2 is 2.20 bits per heavy atom. The van der Waals surface area contributed by atoms with Gasteiger partial charge >= 0.3 is 11.9 Å². The molecule has 0 spiro atoms. The lowest BCUT2D eigenvalue weighted by Crippen LogP contribution is -2.37. The van der Waals surface area contributed by atoms with Crippen LogP contribution in [0.1, 0.15) is 8.29 Å². The number of aliphatic carboxylic acids is 2. The van der Waals surface area contributed by atoms with E-state index in [1.54, 1.807) is 0 Å². The second-order valence-corrected chi connectivity index (χ2v) is 1.71. The first-order chi connectivity index (χ1) is 4.95. The zero-order valence-corrected chi connectivity index (χ0v) is 5.37. The fraction of sp³-hybridized carbons (Fsp3) is 0.600. The van der Waals surface area contributed by atoms with Crippen LogP contribution in [0.2, 0.25) is 0 Å². The SMILES string of the molecule is [2H]C(N[C@@H](C)C(=O)O)C(=O)O. The molecule has 0 aromatic heterocycles. The number of hydrogen-bond donors (Lipinski definition) is 3. The fourth-order valence-electron chi connectivity index (χ4n) is 0.268. The third-order valence-electron chi connectivity index (χ3n) is 0.827. The van der Waals surface area contributed by atoms with Gasteiger partial charge in [0.05, 0.1) is 7.89 Å². The van der Waals surface area contributed by atoms with Crippen LogP contribution in [-0.2, 0) is 9.59 Å². The fourth-order valence-corrected chi connectivity index (χ4v) is 0.268. The molecule has 0 aromatic carbocycles. The van der Waals surface area contributed by atoms with Gasteiger partial charge in [0.1, 0.15) is 6.04 Å². The second-order valence-electron chi connectivity index (χ2n) is 1.71. The van der Waals surface area contributed by atoms with E-state index in [1.807, 2.05) is 5.32 Å². The van der Waals surface area contributed by atoms with E-state index in [0.717, 1.165) is 0 Å². The Balaban J connectivity index is 3.84. The lowest BCUT2D eigenvalue weighted by atomic mass is 10.3. The van der Waals surface area contributed by atoms with Gasteiger partial charge < -0.3 is 10.2 Å². The Bertz CT molecular complexity index is 154. The lowest BCUT2D eigenvalue weighted by Gasteiger charge is -2.04. The van der Waals surface area contributed by atoms with E-state index in [4.69, 9.17) is 11.6 Å². The summed E-state index contributed by atoms with van der Waals surface area (Å²) in [6.45, 7) is -0.312. The molecule has 0 saturated heterocycles. The maximum absolute atomic E-state index is 10.1. The molecule has 2 atom stereocenters. The maximum atomic E-state index is 10.1. The molecule has 0 fully saturated rings. The summed E-state index contributed by atoms with van der Waals surface area (Å²) in [6.07, 6.45) is 0. The number of rotatable bonds is 4. The van der Waals surface area contributed by atoms with Crippen LogP contribution in [0.5, 0.6) is 0 Å². The molecular weight excluding hydrogens is 138 g/mol.